The van der Waals surface area contributed by atoms with Gasteiger partial charge in [0.2, 0.25) is 5.95 Å². The van der Waals surface area contributed by atoms with Gasteiger partial charge >= 0.3 is 0 Å². The Labute approximate surface area is 207 Å². The minimum Gasteiger partial charge on any atom is -0.392 e. The fourth-order valence-electron chi connectivity index (χ4n) is 4.19. The maximum Gasteiger partial charge on any atom is 0.247 e. The highest BCUT2D eigenvalue weighted by atomic mass is 35.5. The van der Waals surface area contributed by atoms with Crippen molar-refractivity contribution in [3.63, 3.8) is 0 Å². The maximum absolute atomic E-state index is 9.67. The van der Waals surface area contributed by atoms with E-state index in [9.17, 15) is 15.6 Å². The highest BCUT2D eigenvalue weighted by Crippen LogP contribution is 2.36. The van der Waals surface area contributed by atoms with E-state index in [-0.39, 0.29) is 17.7 Å². The van der Waals surface area contributed by atoms with E-state index in [1.165, 1.54) is 10.7 Å². The lowest BCUT2D eigenvalue weighted by atomic mass is 10.1. The molecule has 1 saturated carbocycles. The summed E-state index contributed by atoms with van der Waals surface area (Å²) in [5.41, 5.74) is 2.48. The second-order valence-corrected chi connectivity index (χ2v) is 9.30. The van der Waals surface area contributed by atoms with Crippen LogP contribution in [0.1, 0.15) is 31.0 Å². The molecule has 3 heterocycles. The average Bonchev–Trinajstić information content (AvgIpc) is 3.56. The molecule has 12 heteroatoms. The van der Waals surface area contributed by atoms with Crippen molar-refractivity contribution in [2.24, 2.45) is 0 Å². The van der Waals surface area contributed by atoms with Gasteiger partial charge in [0.15, 0.2) is 17.2 Å². The first kappa shape index (κ1) is 23.1. The molecule has 2 fully saturated rings. The fourth-order valence-corrected chi connectivity index (χ4v) is 4.46. The third-order valence-corrected chi connectivity index (χ3v) is 6.46. The molecule has 3 N–H and O–H groups in total. The zero-order valence-electron chi connectivity index (χ0n) is 19.2. The lowest BCUT2D eigenvalue weighted by Gasteiger charge is -2.37. The molecule has 0 amide bonds. The van der Waals surface area contributed by atoms with E-state index >= 15 is 0 Å². The molecule has 1 aliphatic heterocycles. The largest absolute Gasteiger partial charge is 0.392 e. The van der Waals surface area contributed by atoms with Crippen LogP contribution in [-0.2, 0) is 0 Å². The number of hydrogen-bond donors (Lipinski definition) is 3. The number of rotatable bonds is 7. The van der Waals surface area contributed by atoms with Crippen LogP contribution in [0.4, 0.5) is 23.1 Å². The average molecular weight is 493 g/mol. The normalized spacial score (nSPS) is 17.1. The summed E-state index contributed by atoms with van der Waals surface area (Å²) in [4.78, 5) is 13.2. The third kappa shape index (κ3) is 4.93. The minimum atomic E-state index is -0.378. The van der Waals surface area contributed by atoms with Crippen LogP contribution in [0.3, 0.4) is 0 Å². The summed E-state index contributed by atoms with van der Waals surface area (Å²) in [6.45, 7) is 5.43. The number of aliphatic hydroxyl groups is 1. The van der Waals surface area contributed by atoms with Gasteiger partial charge < -0.3 is 20.6 Å². The standard InChI is InChI=1S/C23H25ClN10O/c1-14(35)13-32-4-6-33(7-5-32)19-9-15(10-25)8-18(20(19)24)29-23-30-21(28-16-2-3-16)22-27-12-17(11-26)34(22)31-23/h8-9,12,14,16,35H,2-7,13H2,1H3,(H2,28,29,30,31)/t14-/m1/s1. The lowest BCUT2D eigenvalue weighted by molar-refractivity contribution is 0.123. The lowest BCUT2D eigenvalue weighted by Crippen LogP contribution is -2.48. The Kier molecular flexibility index (Phi) is 6.31. The van der Waals surface area contributed by atoms with Gasteiger partial charge in [0.1, 0.15) is 6.07 Å². The van der Waals surface area contributed by atoms with Crippen molar-refractivity contribution in [1.29, 1.82) is 10.5 Å². The number of aromatic nitrogens is 4. The summed E-state index contributed by atoms with van der Waals surface area (Å²) in [5, 5.41) is 40.2. The molecule has 180 valence electrons. The van der Waals surface area contributed by atoms with Crippen molar-refractivity contribution in [2.75, 3.05) is 48.3 Å². The molecule has 3 aromatic rings. The maximum atomic E-state index is 9.67. The van der Waals surface area contributed by atoms with Gasteiger partial charge in [-0.15, -0.1) is 5.10 Å². The van der Waals surface area contributed by atoms with Crippen molar-refractivity contribution in [3.8, 4) is 12.1 Å². The van der Waals surface area contributed by atoms with Crippen LogP contribution < -0.4 is 15.5 Å². The fraction of sp³-hybridized carbons (Fsp3) is 0.435. The first-order valence-corrected chi connectivity index (χ1v) is 11.9. The molecule has 1 aliphatic carbocycles. The van der Waals surface area contributed by atoms with Gasteiger partial charge in [-0.3, -0.25) is 4.90 Å². The van der Waals surface area contributed by atoms with Gasteiger partial charge in [-0.1, -0.05) is 11.6 Å². The van der Waals surface area contributed by atoms with Crippen LogP contribution in [0.15, 0.2) is 18.3 Å². The smallest absolute Gasteiger partial charge is 0.247 e. The Hall–Kier alpha value is -3.64. The molecule has 2 aliphatic rings. The predicted octanol–water partition coefficient (Wildman–Crippen LogP) is 2.34. The van der Waals surface area contributed by atoms with Crippen molar-refractivity contribution < 1.29 is 5.11 Å². The van der Waals surface area contributed by atoms with E-state index in [1.54, 1.807) is 19.1 Å². The van der Waals surface area contributed by atoms with Gasteiger partial charge in [0.05, 0.1) is 40.3 Å². The van der Waals surface area contributed by atoms with E-state index in [1.807, 2.05) is 0 Å². The Morgan fingerprint density at radius 3 is 2.63 bits per heavy atom. The molecule has 11 nitrogen and oxygen atoms in total. The molecule has 0 bridgehead atoms. The predicted molar refractivity (Wildman–Crippen MR) is 132 cm³/mol. The number of halogens is 1. The van der Waals surface area contributed by atoms with Crippen LogP contribution in [0.2, 0.25) is 5.02 Å². The number of imidazole rings is 1. The number of nitriles is 2. The molecular formula is C23H25ClN10O. The molecule has 35 heavy (non-hydrogen) atoms. The summed E-state index contributed by atoms with van der Waals surface area (Å²) < 4.78 is 1.45. The van der Waals surface area contributed by atoms with Gasteiger partial charge in [-0.2, -0.15) is 20.0 Å². The molecule has 0 radical (unpaired) electrons. The van der Waals surface area contributed by atoms with E-state index in [0.29, 0.717) is 40.3 Å². The van der Waals surface area contributed by atoms with Gasteiger partial charge in [-0.25, -0.2) is 4.98 Å². The van der Waals surface area contributed by atoms with Gasteiger partial charge in [-0.05, 0) is 31.9 Å². The summed E-state index contributed by atoms with van der Waals surface area (Å²) in [5.74, 6) is 0.772. The number of hydrogen-bond acceptors (Lipinski definition) is 10. The molecule has 0 unspecified atom stereocenters. The zero-order valence-corrected chi connectivity index (χ0v) is 20.0. The Morgan fingerprint density at radius 1 is 1.20 bits per heavy atom. The van der Waals surface area contributed by atoms with Crippen molar-refractivity contribution in [2.45, 2.75) is 31.9 Å². The third-order valence-electron chi connectivity index (χ3n) is 6.06. The van der Waals surface area contributed by atoms with E-state index in [0.717, 1.165) is 44.7 Å². The van der Waals surface area contributed by atoms with Crippen LogP contribution in [0.25, 0.3) is 5.65 Å². The highest BCUT2D eigenvalue weighted by Gasteiger charge is 2.25. The molecule has 1 aromatic carbocycles. The Bertz CT molecular complexity index is 1330. The monoisotopic (exact) mass is 492 g/mol. The number of piperazine rings is 1. The Morgan fingerprint density at radius 2 is 1.97 bits per heavy atom. The van der Waals surface area contributed by atoms with Gasteiger partial charge in [0, 0.05) is 38.8 Å². The molecule has 1 saturated heterocycles. The van der Waals surface area contributed by atoms with Gasteiger partial charge in [0.25, 0.3) is 0 Å². The molecular weight excluding hydrogens is 468 g/mol. The molecule has 1 atom stereocenters. The summed E-state index contributed by atoms with van der Waals surface area (Å²) >= 11 is 6.82. The number of nitrogens with zero attached hydrogens (tertiary/aromatic N) is 8. The molecule has 5 rings (SSSR count). The first-order chi connectivity index (χ1) is 16.9. The number of aliphatic hydroxyl groups excluding tert-OH is 1. The van der Waals surface area contributed by atoms with Crippen molar-refractivity contribution in [3.05, 3.63) is 34.6 Å². The van der Waals surface area contributed by atoms with E-state index in [2.05, 4.69) is 47.6 Å². The topological polar surface area (TPSA) is 141 Å². The van der Waals surface area contributed by atoms with Crippen molar-refractivity contribution in [1.82, 2.24) is 24.5 Å². The van der Waals surface area contributed by atoms with Crippen LogP contribution in [0, 0.1) is 22.7 Å². The SMILES string of the molecule is C[C@@H](O)CN1CCN(c2cc(C#N)cc(Nc3nc(NC4CC4)c4ncc(C#N)n4n3)c2Cl)CC1. The quantitative estimate of drug-likeness (QED) is 0.449. The van der Waals surface area contributed by atoms with Crippen molar-refractivity contribution >= 4 is 40.4 Å². The number of anilines is 4. The summed E-state index contributed by atoms with van der Waals surface area (Å²) in [6, 6.07) is 8.07. The second kappa shape index (κ2) is 9.55. The number of β-amino-alcohol motifs (C(OH)–C–C–N with tert-alkyl or cyclic N) is 1. The first-order valence-electron chi connectivity index (χ1n) is 11.5. The van der Waals surface area contributed by atoms with E-state index < -0.39 is 0 Å². The number of nitrogens with one attached hydrogen (secondary N) is 2. The summed E-state index contributed by atoms with van der Waals surface area (Å²) in [7, 11) is 0. The van der Waals surface area contributed by atoms with Crippen LogP contribution in [-0.4, -0.2) is 74.5 Å². The molecule has 2 aromatic heterocycles. The Balaban J connectivity index is 1.46. The van der Waals surface area contributed by atoms with Crippen LogP contribution in [0.5, 0.6) is 0 Å². The second-order valence-electron chi connectivity index (χ2n) is 8.92. The van der Waals surface area contributed by atoms with Crippen LogP contribution >= 0.6 is 11.6 Å². The molecule has 0 spiro atoms. The number of fused-ring (bicyclic) bond motifs is 1. The van der Waals surface area contributed by atoms with E-state index in [4.69, 9.17) is 11.6 Å². The zero-order chi connectivity index (χ0) is 24.5. The summed E-state index contributed by atoms with van der Waals surface area (Å²) in [6.07, 6.45) is 3.18. The number of benzene rings is 1. The minimum absolute atomic E-state index is 0.236. The highest BCUT2D eigenvalue weighted by molar-refractivity contribution is 6.36.